The molecule has 0 aliphatic heterocycles. The molecular formula is C27H50O4. The van der Waals surface area contributed by atoms with Crippen LogP contribution in [-0.2, 0) is 14.3 Å². The summed E-state index contributed by atoms with van der Waals surface area (Å²) in [6, 6.07) is 0. The Labute approximate surface area is 192 Å². The second-order valence-electron chi connectivity index (χ2n) is 8.94. The summed E-state index contributed by atoms with van der Waals surface area (Å²) in [5, 5.41) is 9.33. The second-order valence-corrected chi connectivity index (χ2v) is 8.94. The third-order valence-electron chi connectivity index (χ3n) is 5.91. The highest BCUT2D eigenvalue weighted by atomic mass is 16.6. The molecule has 182 valence electrons. The zero-order valence-electron chi connectivity index (χ0n) is 20.4. The number of carbonyl (C=O) groups excluding carboxylic acids is 1. The van der Waals surface area contributed by atoms with Crippen molar-refractivity contribution in [3.05, 3.63) is 12.7 Å². The van der Waals surface area contributed by atoms with Crippen molar-refractivity contribution in [2.75, 3.05) is 0 Å². The van der Waals surface area contributed by atoms with Crippen LogP contribution in [0.1, 0.15) is 142 Å². The monoisotopic (exact) mass is 438 g/mol. The third-order valence-corrected chi connectivity index (χ3v) is 5.91. The van der Waals surface area contributed by atoms with Crippen LogP contribution in [0.5, 0.6) is 0 Å². The molecule has 1 unspecified atom stereocenters. The van der Waals surface area contributed by atoms with E-state index in [1.165, 1.54) is 77.0 Å². The first-order chi connectivity index (χ1) is 15.1. The molecule has 0 bridgehead atoms. The van der Waals surface area contributed by atoms with E-state index in [1.807, 2.05) is 6.08 Å². The molecule has 0 radical (unpaired) electrons. The van der Waals surface area contributed by atoms with Gasteiger partial charge in [0.05, 0.1) is 0 Å². The fourth-order valence-corrected chi connectivity index (χ4v) is 3.89. The second kappa shape index (κ2) is 23.3. The first-order valence-electron chi connectivity index (χ1n) is 13.1. The van der Waals surface area contributed by atoms with Gasteiger partial charge in [-0.25, -0.2) is 4.79 Å². The van der Waals surface area contributed by atoms with E-state index < -0.39 is 12.1 Å². The summed E-state index contributed by atoms with van der Waals surface area (Å²) in [6.45, 7) is 5.97. The summed E-state index contributed by atoms with van der Waals surface area (Å²) >= 11 is 0. The van der Waals surface area contributed by atoms with Crippen molar-refractivity contribution in [1.29, 1.82) is 0 Å². The maximum atomic E-state index is 12.0. The van der Waals surface area contributed by atoms with Crippen LogP contribution in [0.4, 0.5) is 0 Å². The summed E-state index contributed by atoms with van der Waals surface area (Å²) in [7, 11) is 0. The lowest BCUT2D eigenvalue weighted by molar-refractivity contribution is -0.164. The van der Waals surface area contributed by atoms with Gasteiger partial charge < -0.3 is 9.84 Å². The number of carboxylic acid groups (broad SMARTS) is 1. The molecule has 1 N–H and O–H groups in total. The number of carboxylic acids is 1. The van der Waals surface area contributed by atoms with Gasteiger partial charge in [-0.2, -0.15) is 0 Å². The Balaban J connectivity index is 3.63. The average Bonchev–Trinajstić information content (AvgIpc) is 2.75. The minimum Gasteiger partial charge on any atom is -0.479 e. The van der Waals surface area contributed by atoms with Crippen molar-refractivity contribution in [2.24, 2.45) is 0 Å². The normalized spacial score (nSPS) is 11.9. The number of rotatable bonds is 24. The van der Waals surface area contributed by atoms with Gasteiger partial charge in [0, 0.05) is 6.42 Å². The van der Waals surface area contributed by atoms with Gasteiger partial charge in [-0.05, 0) is 32.1 Å². The van der Waals surface area contributed by atoms with Crippen LogP contribution >= 0.6 is 0 Å². The minimum atomic E-state index is -1.01. The van der Waals surface area contributed by atoms with Gasteiger partial charge in [0.1, 0.15) is 0 Å². The number of hydrogen-bond donors (Lipinski definition) is 1. The zero-order chi connectivity index (χ0) is 23.0. The van der Waals surface area contributed by atoms with Gasteiger partial charge >= 0.3 is 11.9 Å². The maximum Gasteiger partial charge on any atom is 0.345 e. The van der Waals surface area contributed by atoms with Crippen molar-refractivity contribution in [3.63, 3.8) is 0 Å². The van der Waals surface area contributed by atoms with Crippen molar-refractivity contribution in [2.45, 2.75) is 148 Å². The van der Waals surface area contributed by atoms with Gasteiger partial charge in [0.2, 0.25) is 0 Å². The minimum absolute atomic E-state index is 0.334. The Morgan fingerprint density at radius 1 is 0.742 bits per heavy atom. The van der Waals surface area contributed by atoms with Crippen LogP contribution in [0, 0.1) is 0 Å². The van der Waals surface area contributed by atoms with Crippen LogP contribution < -0.4 is 0 Å². The predicted molar refractivity (Wildman–Crippen MR) is 130 cm³/mol. The number of ether oxygens (including phenoxy) is 1. The molecule has 0 saturated heterocycles. The molecular weight excluding hydrogens is 388 g/mol. The highest BCUT2D eigenvalue weighted by Gasteiger charge is 2.21. The van der Waals surface area contributed by atoms with E-state index in [4.69, 9.17) is 4.74 Å². The summed E-state index contributed by atoms with van der Waals surface area (Å²) < 4.78 is 5.23. The first-order valence-corrected chi connectivity index (χ1v) is 13.1. The SMILES string of the molecule is C=CCCCCCCCCCCC(=O)OC(CCCCCCCCCCCC)C(=O)O. The largest absolute Gasteiger partial charge is 0.479 e. The van der Waals surface area contributed by atoms with Gasteiger partial charge in [0.25, 0.3) is 0 Å². The lowest BCUT2D eigenvalue weighted by atomic mass is 10.0. The molecule has 0 aromatic rings. The smallest absolute Gasteiger partial charge is 0.345 e. The fourth-order valence-electron chi connectivity index (χ4n) is 3.89. The van der Waals surface area contributed by atoms with Crippen LogP contribution in [0.15, 0.2) is 12.7 Å². The molecule has 0 amide bonds. The molecule has 0 aromatic carbocycles. The Bertz CT molecular complexity index is 433. The molecule has 4 heteroatoms. The lowest BCUT2D eigenvalue weighted by Crippen LogP contribution is -2.27. The number of allylic oxidation sites excluding steroid dienone is 1. The molecule has 0 aliphatic rings. The summed E-state index contributed by atoms with van der Waals surface area (Å²) in [6.07, 6.45) is 24.1. The van der Waals surface area contributed by atoms with Gasteiger partial charge in [-0.3, -0.25) is 4.79 Å². The Morgan fingerprint density at radius 2 is 1.19 bits per heavy atom. The van der Waals surface area contributed by atoms with Crippen LogP contribution in [0.25, 0.3) is 0 Å². The van der Waals surface area contributed by atoms with Crippen LogP contribution in [0.3, 0.4) is 0 Å². The number of aliphatic carboxylic acids is 1. The first kappa shape index (κ1) is 29.7. The summed E-state index contributed by atoms with van der Waals surface area (Å²) in [5.74, 6) is -1.37. The highest BCUT2D eigenvalue weighted by Crippen LogP contribution is 2.15. The molecule has 0 saturated carbocycles. The molecule has 0 spiro atoms. The van der Waals surface area contributed by atoms with Crippen molar-refractivity contribution < 1.29 is 19.4 Å². The molecule has 0 heterocycles. The van der Waals surface area contributed by atoms with E-state index in [2.05, 4.69) is 13.5 Å². The molecule has 31 heavy (non-hydrogen) atoms. The molecule has 4 nitrogen and oxygen atoms in total. The number of hydrogen-bond acceptors (Lipinski definition) is 3. The topological polar surface area (TPSA) is 63.6 Å². The van der Waals surface area contributed by atoms with E-state index in [9.17, 15) is 14.7 Å². The zero-order valence-corrected chi connectivity index (χ0v) is 20.4. The third kappa shape index (κ3) is 21.7. The summed E-state index contributed by atoms with van der Waals surface area (Å²) in [5.41, 5.74) is 0. The van der Waals surface area contributed by atoms with E-state index in [-0.39, 0.29) is 5.97 Å². The van der Waals surface area contributed by atoms with Gasteiger partial charge in [-0.15, -0.1) is 6.58 Å². The van der Waals surface area contributed by atoms with E-state index in [0.717, 1.165) is 44.9 Å². The van der Waals surface area contributed by atoms with E-state index >= 15 is 0 Å². The molecule has 0 aromatic heterocycles. The predicted octanol–water partition coefficient (Wildman–Crippen LogP) is 8.38. The highest BCUT2D eigenvalue weighted by molar-refractivity contribution is 5.77. The van der Waals surface area contributed by atoms with Crippen molar-refractivity contribution in [3.8, 4) is 0 Å². The molecule has 0 rings (SSSR count). The maximum absolute atomic E-state index is 12.0. The average molecular weight is 439 g/mol. The number of unbranched alkanes of at least 4 members (excludes halogenated alkanes) is 17. The van der Waals surface area contributed by atoms with Crippen LogP contribution in [0.2, 0.25) is 0 Å². The molecule has 0 aliphatic carbocycles. The van der Waals surface area contributed by atoms with E-state index in [0.29, 0.717) is 12.8 Å². The van der Waals surface area contributed by atoms with Gasteiger partial charge in [0.15, 0.2) is 6.10 Å². The van der Waals surface area contributed by atoms with Crippen molar-refractivity contribution >= 4 is 11.9 Å². The molecule has 0 fully saturated rings. The van der Waals surface area contributed by atoms with E-state index in [1.54, 1.807) is 0 Å². The summed E-state index contributed by atoms with van der Waals surface area (Å²) in [4.78, 5) is 23.4. The lowest BCUT2D eigenvalue weighted by Gasteiger charge is -2.13. The van der Waals surface area contributed by atoms with Crippen LogP contribution in [-0.4, -0.2) is 23.1 Å². The standard InChI is InChI=1S/C27H50O4/c1-3-5-7-9-11-13-15-17-19-21-23-25(27(29)30)31-26(28)24-22-20-18-16-14-12-10-8-6-4-2/h4,25H,2-3,5-24H2,1H3,(H,29,30). The van der Waals surface area contributed by atoms with Crippen molar-refractivity contribution in [1.82, 2.24) is 0 Å². The van der Waals surface area contributed by atoms with Gasteiger partial charge in [-0.1, -0.05) is 109 Å². The Kier molecular flexibility index (Phi) is 22.4. The Hall–Kier alpha value is -1.32. The Morgan fingerprint density at radius 3 is 1.68 bits per heavy atom. The quantitative estimate of drug-likeness (QED) is 0.0933. The number of esters is 1. The molecule has 1 atom stereocenters. The number of carbonyl (C=O) groups is 2. The fraction of sp³-hybridized carbons (Fsp3) is 0.852.